The van der Waals surface area contributed by atoms with Crippen LogP contribution in [0.25, 0.3) is 0 Å². The molecule has 1 aliphatic heterocycles. The highest BCUT2D eigenvalue weighted by Crippen LogP contribution is 2.28. The quantitative estimate of drug-likeness (QED) is 0.850. The lowest BCUT2D eigenvalue weighted by Crippen LogP contribution is -2.36. The third kappa shape index (κ3) is 3.77. The lowest BCUT2D eigenvalue weighted by atomic mass is 9.93. The summed E-state index contributed by atoms with van der Waals surface area (Å²) in [5, 5.41) is 13.2. The average molecular weight is 303 g/mol. The normalized spacial score (nSPS) is 23.3. The zero-order chi connectivity index (χ0) is 15.4. The Balaban J connectivity index is 1.64. The van der Waals surface area contributed by atoms with Crippen LogP contribution < -0.4 is 0 Å². The highest BCUT2D eigenvalue weighted by Gasteiger charge is 2.25. The average Bonchev–Trinajstić information content (AvgIpc) is 2.96. The fourth-order valence-corrected chi connectivity index (χ4v) is 3.73. The molecule has 5 heteroatoms. The summed E-state index contributed by atoms with van der Waals surface area (Å²) in [6.45, 7) is 3.22. The predicted octanol–water partition coefficient (Wildman–Crippen LogP) is 2.65. The Labute approximate surface area is 131 Å². The maximum atomic E-state index is 10.9. The Morgan fingerprint density at radius 3 is 3.05 bits per heavy atom. The zero-order valence-corrected chi connectivity index (χ0v) is 13.1. The van der Waals surface area contributed by atoms with Crippen LogP contribution in [-0.2, 0) is 11.3 Å². The van der Waals surface area contributed by atoms with Crippen molar-refractivity contribution >= 4 is 5.97 Å². The van der Waals surface area contributed by atoms with Crippen LogP contribution in [0.4, 0.5) is 0 Å². The molecule has 1 saturated heterocycles. The molecule has 0 bridgehead atoms. The molecule has 3 rings (SSSR count). The summed E-state index contributed by atoms with van der Waals surface area (Å²) in [6.07, 6.45) is 11.6. The minimum Gasteiger partial charge on any atom is -0.480 e. The van der Waals surface area contributed by atoms with Crippen molar-refractivity contribution in [3.05, 3.63) is 29.6 Å². The first kappa shape index (κ1) is 15.3. The topological polar surface area (TPSA) is 58.4 Å². The molecule has 2 heterocycles. The van der Waals surface area contributed by atoms with E-state index in [-0.39, 0.29) is 6.54 Å². The lowest BCUT2D eigenvalue weighted by Gasteiger charge is -2.34. The molecular weight excluding hydrogens is 278 g/mol. The van der Waals surface area contributed by atoms with Crippen LogP contribution in [0.3, 0.4) is 0 Å². The molecule has 1 N–H and O–H groups in total. The van der Waals surface area contributed by atoms with Crippen LogP contribution in [0.2, 0.25) is 0 Å². The second-order valence-corrected chi connectivity index (χ2v) is 6.49. The summed E-state index contributed by atoms with van der Waals surface area (Å²) in [4.78, 5) is 13.5. The van der Waals surface area contributed by atoms with Gasteiger partial charge in [-0.25, -0.2) is 0 Å². The molecule has 2 aliphatic rings. The Morgan fingerprint density at radius 2 is 2.27 bits per heavy atom. The molecular formula is C17H25N3O2. The standard InChI is InChI=1S/C17H25N3O2/c21-17(22)13-20-16(8-9-18-20)15-7-4-10-19(12-15)11-14-5-2-1-3-6-14/h5,8-9,15H,1-4,6-7,10-13H2,(H,21,22)/t15-/m1/s1. The fourth-order valence-electron chi connectivity index (χ4n) is 3.73. The number of carboxylic acid groups (broad SMARTS) is 1. The van der Waals surface area contributed by atoms with Gasteiger partial charge in [-0.3, -0.25) is 14.4 Å². The van der Waals surface area contributed by atoms with Crippen molar-refractivity contribution in [3.63, 3.8) is 0 Å². The molecule has 0 saturated carbocycles. The fraction of sp³-hybridized carbons (Fsp3) is 0.647. The Morgan fingerprint density at radius 1 is 1.36 bits per heavy atom. The Hall–Kier alpha value is -1.62. The van der Waals surface area contributed by atoms with E-state index < -0.39 is 5.97 Å². The molecule has 1 atom stereocenters. The summed E-state index contributed by atoms with van der Waals surface area (Å²) >= 11 is 0. The van der Waals surface area contributed by atoms with Gasteiger partial charge in [-0.1, -0.05) is 11.6 Å². The number of aromatic nitrogens is 2. The summed E-state index contributed by atoms with van der Waals surface area (Å²) in [5.41, 5.74) is 2.66. The van der Waals surface area contributed by atoms with Crippen molar-refractivity contribution < 1.29 is 9.90 Å². The number of carbonyl (C=O) groups is 1. The molecule has 1 aromatic rings. The van der Waals surface area contributed by atoms with Gasteiger partial charge in [0.25, 0.3) is 0 Å². The van der Waals surface area contributed by atoms with Crippen LogP contribution in [0.1, 0.15) is 50.1 Å². The number of rotatable bonds is 5. The zero-order valence-electron chi connectivity index (χ0n) is 13.1. The van der Waals surface area contributed by atoms with Gasteiger partial charge in [0.1, 0.15) is 6.54 Å². The Bertz CT molecular complexity index is 550. The summed E-state index contributed by atoms with van der Waals surface area (Å²) in [5.74, 6) is -0.426. The third-order valence-corrected chi connectivity index (χ3v) is 4.77. The highest BCUT2D eigenvalue weighted by atomic mass is 16.4. The minimum absolute atomic E-state index is 0.0377. The molecule has 0 aromatic carbocycles. The highest BCUT2D eigenvalue weighted by molar-refractivity contribution is 5.66. The number of likely N-dealkylation sites (tertiary alicyclic amines) is 1. The number of allylic oxidation sites excluding steroid dienone is 1. The van der Waals surface area contributed by atoms with E-state index in [1.807, 2.05) is 6.07 Å². The van der Waals surface area contributed by atoms with E-state index in [9.17, 15) is 4.79 Å². The van der Waals surface area contributed by atoms with Gasteiger partial charge in [0.2, 0.25) is 0 Å². The van der Waals surface area contributed by atoms with E-state index in [4.69, 9.17) is 5.11 Å². The van der Waals surface area contributed by atoms with Crippen LogP contribution in [-0.4, -0.2) is 45.4 Å². The molecule has 120 valence electrons. The number of piperidine rings is 1. The van der Waals surface area contributed by atoms with Gasteiger partial charge in [-0.05, 0) is 51.1 Å². The van der Waals surface area contributed by atoms with Crippen LogP contribution in [0.5, 0.6) is 0 Å². The van der Waals surface area contributed by atoms with Gasteiger partial charge in [0.05, 0.1) is 0 Å². The van der Waals surface area contributed by atoms with Crippen LogP contribution in [0, 0.1) is 0 Å². The van der Waals surface area contributed by atoms with Crippen molar-refractivity contribution in [2.45, 2.75) is 51.0 Å². The predicted molar refractivity (Wildman–Crippen MR) is 84.8 cm³/mol. The van der Waals surface area contributed by atoms with Gasteiger partial charge >= 0.3 is 5.97 Å². The van der Waals surface area contributed by atoms with Crippen molar-refractivity contribution in [1.29, 1.82) is 0 Å². The summed E-state index contributed by atoms with van der Waals surface area (Å²) < 4.78 is 1.65. The maximum Gasteiger partial charge on any atom is 0.325 e. The monoisotopic (exact) mass is 303 g/mol. The Kier molecular flexibility index (Phi) is 4.93. The molecule has 0 amide bonds. The first-order valence-corrected chi connectivity index (χ1v) is 8.36. The van der Waals surface area contributed by atoms with E-state index in [1.54, 1.807) is 16.5 Å². The molecule has 22 heavy (non-hydrogen) atoms. The van der Waals surface area contributed by atoms with Gasteiger partial charge in [-0.2, -0.15) is 5.10 Å². The molecule has 5 nitrogen and oxygen atoms in total. The molecule has 0 spiro atoms. The number of nitrogens with zero attached hydrogens (tertiary/aromatic N) is 3. The second kappa shape index (κ2) is 7.09. The third-order valence-electron chi connectivity index (χ3n) is 4.77. The molecule has 0 radical (unpaired) electrons. The van der Waals surface area contributed by atoms with E-state index in [2.05, 4.69) is 16.1 Å². The molecule has 1 fully saturated rings. The van der Waals surface area contributed by atoms with Crippen molar-refractivity contribution in [2.24, 2.45) is 0 Å². The van der Waals surface area contributed by atoms with E-state index in [1.165, 1.54) is 32.1 Å². The lowest BCUT2D eigenvalue weighted by molar-refractivity contribution is -0.137. The van der Waals surface area contributed by atoms with Gasteiger partial charge in [0, 0.05) is 30.9 Å². The van der Waals surface area contributed by atoms with Crippen molar-refractivity contribution in [2.75, 3.05) is 19.6 Å². The van der Waals surface area contributed by atoms with Gasteiger partial charge in [-0.15, -0.1) is 0 Å². The van der Waals surface area contributed by atoms with Crippen molar-refractivity contribution in [3.8, 4) is 0 Å². The van der Waals surface area contributed by atoms with E-state index >= 15 is 0 Å². The number of carboxylic acids is 1. The van der Waals surface area contributed by atoms with E-state index in [0.717, 1.165) is 31.7 Å². The number of hydrogen-bond acceptors (Lipinski definition) is 3. The molecule has 1 aliphatic carbocycles. The molecule has 1 aromatic heterocycles. The summed E-state index contributed by atoms with van der Waals surface area (Å²) in [7, 11) is 0. The smallest absolute Gasteiger partial charge is 0.325 e. The van der Waals surface area contributed by atoms with Gasteiger partial charge in [0.15, 0.2) is 0 Å². The number of aliphatic carboxylic acids is 1. The van der Waals surface area contributed by atoms with Crippen molar-refractivity contribution in [1.82, 2.24) is 14.7 Å². The maximum absolute atomic E-state index is 10.9. The van der Waals surface area contributed by atoms with E-state index in [0.29, 0.717) is 5.92 Å². The van der Waals surface area contributed by atoms with Gasteiger partial charge < -0.3 is 5.11 Å². The number of hydrogen-bond donors (Lipinski definition) is 1. The molecule has 0 unspecified atom stereocenters. The SMILES string of the molecule is O=C(O)Cn1nccc1[C@@H]1CCCN(CC2=CCCCC2)C1. The summed E-state index contributed by atoms with van der Waals surface area (Å²) in [6, 6.07) is 1.98. The first-order chi connectivity index (χ1) is 10.7. The van der Waals surface area contributed by atoms with Crippen LogP contribution >= 0.6 is 0 Å². The minimum atomic E-state index is -0.829. The largest absolute Gasteiger partial charge is 0.480 e. The van der Waals surface area contributed by atoms with Crippen LogP contribution in [0.15, 0.2) is 23.9 Å². The first-order valence-electron chi connectivity index (χ1n) is 8.36. The second-order valence-electron chi connectivity index (χ2n) is 6.49.